The lowest BCUT2D eigenvalue weighted by Crippen LogP contribution is -2.51. The van der Waals surface area contributed by atoms with E-state index in [-0.39, 0.29) is 0 Å². The Kier molecular flexibility index (Phi) is 3.22. The lowest BCUT2D eigenvalue weighted by molar-refractivity contribution is -0.122. The zero-order valence-corrected chi connectivity index (χ0v) is 10.1. The second-order valence-corrected chi connectivity index (χ2v) is 5.74. The Morgan fingerprint density at radius 2 is 1.94 bits per heavy atom. The molecule has 0 aromatic heterocycles. The van der Waals surface area contributed by atoms with Crippen LogP contribution in [0.5, 0.6) is 0 Å². The normalized spacial score (nSPS) is 33.6. The molecule has 1 amide bonds. The van der Waals surface area contributed by atoms with Gasteiger partial charge in [-0.05, 0) is 38.0 Å². The van der Waals surface area contributed by atoms with Gasteiger partial charge >= 0.3 is 0 Å². The number of nitrogens with two attached hydrogens (primary N) is 2. The molecule has 1 saturated heterocycles. The summed E-state index contributed by atoms with van der Waals surface area (Å²) in [4.78, 5) is 13.5. The van der Waals surface area contributed by atoms with Crippen molar-refractivity contribution in [3.63, 3.8) is 0 Å². The van der Waals surface area contributed by atoms with Gasteiger partial charge in [-0.3, -0.25) is 4.79 Å². The van der Waals surface area contributed by atoms with Gasteiger partial charge < -0.3 is 16.4 Å². The van der Waals surface area contributed by atoms with E-state index in [2.05, 4.69) is 4.90 Å². The van der Waals surface area contributed by atoms with E-state index in [0.29, 0.717) is 6.42 Å². The van der Waals surface area contributed by atoms with Gasteiger partial charge in [-0.1, -0.05) is 6.42 Å². The fraction of sp³-hybridized carbons (Fsp3) is 0.917. The molecule has 92 valence electrons. The topological polar surface area (TPSA) is 72.3 Å². The van der Waals surface area contributed by atoms with Crippen LogP contribution in [0.25, 0.3) is 0 Å². The number of carbonyl (C=O) groups excluding carboxylic acids is 1. The predicted molar refractivity (Wildman–Crippen MR) is 63.7 cm³/mol. The van der Waals surface area contributed by atoms with Crippen LogP contribution in [0.15, 0.2) is 0 Å². The molecular weight excluding hydrogens is 202 g/mol. The van der Waals surface area contributed by atoms with Gasteiger partial charge in [0.15, 0.2) is 0 Å². The molecule has 1 heterocycles. The molecule has 1 aliphatic carbocycles. The van der Waals surface area contributed by atoms with E-state index in [1.165, 1.54) is 32.4 Å². The van der Waals surface area contributed by atoms with Crippen LogP contribution in [0.4, 0.5) is 0 Å². The average Bonchev–Trinajstić information content (AvgIpc) is 2.73. The van der Waals surface area contributed by atoms with Crippen molar-refractivity contribution in [1.82, 2.24) is 4.90 Å². The molecule has 4 nitrogen and oxygen atoms in total. The van der Waals surface area contributed by atoms with Gasteiger partial charge in [-0.15, -0.1) is 0 Å². The van der Waals surface area contributed by atoms with Crippen molar-refractivity contribution in [3.8, 4) is 0 Å². The number of primary amides is 1. The van der Waals surface area contributed by atoms with E-state index in [1.807, 2.05) is 0 Å². The second-order valence-electron chi connectivity index (χ2n) is 5.74. The van der Waals surface area contributed by atoms with Crippen molar-refractivity contribution < 1.29 is 4.79 Å². The average molecular weight is 225 g/mol. The largest absolute Gasteiger partial charge is 0.368 e. The van der Waals surface area contributed by atoms with Crippen molar-refractivity contribution >= 4 is 5.91 Å². The Bertz CT molecular complexity index is 265. The molecule has 4 heteroatoms. The highest BCUT2D eigenvalue weighted by Gasteiger charge is 2.36. The summed E-state index contributed by atoms with van der Waals surface area (Å²) >= 11 is 0. The van der Waals surface area contributed by atoms with Crippen LogP contribution in [0.3, 0.4) is 0 Å². The van der Waals surface area contributed by atoms with E-state index in [0.717, 1.165) is 18.4 Å². The third-order valence-electron chi connectivity index (χ3n) is 4.31. The smallest absolute Gasteiger partial charge is 0.237 e. The molecule has 0 radical (unpaired) electrons. The first-order valence-corrected chi connectivity index (χ1v) is 6.30. The molecule has 1 aliphatic heterocycles. The highest BCUT2D eigenvalue weighted by molar-refractivity contribution is 5.83. The fourth-order valence-corrected chi connectivity index (χ4v) is 3.03. The molecule has 3 atom stereocenters. The molecular formula is C12H23N3O. The van der Waals surface area contributed by atoms with E-state index < -0.39 is 11.4 Å². The summed E-state index contributed by atoms with van der Waals surface area (Å²) in [5.74, 6) is 1.40. The summed E-state index contributed by atoms with van der Waals surface area (Å²) < 4.78 is 0. The maximum Gasteiger partial charge on any atom is 0.237 e. The maximum atomic E-state index is 11.1. The third kappa shape index (κ3) is 2.38. The highest BCUT2D eigenvalue weighted by Crippen LogP contribution is 2.37. The summed E-state index contributed by atoms with van der Waals surface area (Å²) in [6.45, 7) is 5.02. The number of carbonyl (C=O) groups is 1. The minimum absolute atomic E-state index is 0.396. The fourth-order valence-electron chi connectivity index (χ4n) is 3.03. The molecule has 0 aromatic rings. The number of nitrogens with zero attached hydrogens (tertiary/aromatic N) is 1. The minimum atomic E-state index is -0.850. The van der Waals surface area contributed by atoms with Crippen LogP contribution in [-0.4, -0.2) is 36.0 Å². The summed E-state index contributed by atoms with van der Waals surface area (Å²) in [6.07, 6.45) is 4.84. The van der Waals surface area contributed by atoms with E-state index in [1.54, 1.807) is 6.92 Å². The Labute approximate surface area is 97.3 Å². The van der Waals surface area contributed by atoms with Gasteiger partial charge in [-0.25, -0.2) is 0 Å². The van der Waals surface area contributed by atoms with E-state index >= 15 is 0 Å². The van der Waals surface area contributed by atoms with Crippen molar-refractivity contribution in [2.75, 3.05) is 19.6 Å². The van der Waals surface area contributed by atoms with E-state index in [4.69, 9.17) is 11.5 Å². The van der Waals surface area contributed by atoms with E-state index in [9.17, 15) is 4.79 Å². The van der Waals surface area contributed by atoms with Crippen LogP contribution >= 0.6 is 0 Å². The number of likely N-dealkylation sites (tertiary alicyclic amines) is 1. The molecule has 2 rings (SSSR count). The Hall–Kier alpha value is -0.610. The van der Waals surface area contributed by atoms with Gasteiger partial charge in [0.2, 0.25) is 5.91 Å². The Balaban J connectivity index is 1.78. The second kappa shape index (κ2) is 4.34. The van der Waals surface area contributed by atoms with Crippen molar-refractivity contribution in [1.29, 1.82) is 0 Å². The van der Waals surface area contributed by atoms with Crippen molar-refractivity contribution in [2.24, 2.45) is 23.3 Å². The summed E-state index contributed by atoms with van der Waals surface area (Å²) in [5.41, 5.74) is 10.3. The molecule has 2 fully saturated rings. The highest BCUT2D eigenvalue weighted by atomic mass is 16.1. The third-order valence-corrected chi connectivity index (χ3v) is 4.31. The van der Waals surface area contributed by atoms with Crippen LogP contribution < -0.4 is 11.5 Å². The zero-order chi connectivity index (χ0) is 11.8. The van der Waals surface area contributed by atoms with Crippen LogP contribution in [0, 0.1) is 11.8 Å². The van der Waals surface area contributed by atoms with Gasteiger partial charge in [0, 0.05) is 19.6 Å². The first-order valence-electron chi connectivity index (χ1n) is 6.30. The summed E-state index contributed by atoms with van der Waals surface area (Å²) in [6, 6.07) is 0. The summed E-state index contributed by atoms with van der Waals surface area (Å²) in [7, 11) is 0. The molecule has 0 spiro atoms. The molecule has 0 aromatic carbocycles. The molecule has 0 bridgehead atoms. The number of hydrogen-bond donors (Lipinski definition) is 2. The lowest BCUT2D eigenvalue weighted by Gasteiger charge is -2.24. The van der Waals surface area contributed by atoms with Crippen LogP contribution in [-0.2, 0) is 4.79 Å². The quantitative estimate of drug-likeness (QED) is 0.723. The van der Waals surface area contributed by atoms with Gasteiger partial charge in [0.25, 0.3) is 0 Å². The standard InChI is InChI=1S/C12H23N3O/c1-12(14,11(13)16)5-6-15-7-9-3-2-4-10(9)8-15/h9-10H,2-8,14H2,1H3,(H2,13,16). The number of rotatable bonds is 4. The Morgan fingerprint density at radius 1 is 1.38 bits per heavy atom. The molecule has 1 saturated carbocycles. The number of fused-ring (bicyclic) bond motifs is 1. The monoisotopic (exact) mass is 225 g/mol. The van der Waals surface area contributed by atoms with Gasteiger partial charge in [-0.2, -0.15) is 0 Å². The molecule has 16 heavy (non-hydrogen) atoms. The minimum Gasteiger partial charge on any atom is -0.368 e. The molecule has 2 aliphatic rings. The number of hydrogen-bond acceptors (Lipinski definition) is 3. The molecule has 4 N–H and O–H groups in total. The zero-order valence-electron chi connectivity index (χ0n) is 10.1. The van der Waals surface area contributed by atoms with Crippen LogP contribution in [0.2, 0.25) is 0 Å². The Morgan fingerprint density at radius 3 is 2.44 bits per heavy atom. The maximum absolute atomic E-state index is 11.1. The SMILES string of the molecule is CC(N)(CCN1CC2CCCC2C1)C(N)=O. The van der Waals surface area contributed by atoms with Crippen molar-refractivity contribution in [3.05, 3.63) is 0 Å². The summed E-state index contributed by atoms with van der Waals surface area (Å²) in [5, 5.41) is 0. The predicted octanol–water partition coefficient (Wildman–Crippen LogP) is 0.311. The van der Waals surface area contributed by atoms with Gasteiger partial charge in [0.05, 0.1) is 5.54 Å². The first-order chi connectivity index (χ1) is 7.49. The lowest BCUT2D eigenvalue weighted by atomic mass is 9.98. The molecule has 3 unspecified atom stereocenters. The van der Waals surface area contributed by atoms with Gasteiger partial charge in [0.1, 0.15) is 0 Å². The van der Waals surface area contributed by atoms with Crippen molar-refractivity contribution in [2.45, 2.75) is 38.1 Å². The number of amides is 1. The van der Waals surface area contributed by atoms with Crippen LogP contribution in [0.1, 0.15) is 32.6 Å². The first kappa shape index (κ1) is 11.9.